The summed E-state index contributed by atoms with van der Waals surface area (Å²) in [6.07, 6.45) is 4.09. The predicted octanol–water partition coefficient (Wildman–Crippen LogP) is 6.52. The average molecular weight is 630 g/mol. The van der Waals surface area contributed by atoms with Crippen LogP contribution in [0.2, 0.25) is 0 Å². The lowest BCUT2D eigenvalue weighted by molar-refractivity contribution is -0.131. The van der Waals surface area contributed by atoms with Crippen molar-refractivity contribution < 1.29 is 27.8 Å². The molecule has 3 N–H and O–H groups in total. The van der Waals surface area contributed by atoms with Crippen molar-refractivity contribution in [3.63, 3.8) is 0 Å². The number of pyridine rings is 2. The number of thiophene rings is 1. The minimum Gasteiger partial charge on any atom is -0.456 e. The smallest absolute Gasteiger partial charge is 0.240 e. The van der Waals surface area contributed by atoms with Gasteiger partial charge < -0.3 is 25.4 Å². The molecule has 0 radical (unpaired) electrons. The van der Waals surface area contributed by atoms with Crippen molar-refractivity contribution in [3.8, 4) is 22.1 Å². The zero-order valence-corrected chi connectivity index (χ0v) is 25.0. The minimum absolute atomic E-state index is 0.0742. The van der Waals surface area contributed by atoms with Crippen LogP contribution in [-0.4, -0.2) is 42.0 Å². The summed E-state index contributed by atoms with van der Waals surface area (Å²) in [5.41, 5.74) is 1.56. The molecule has 3 aromatic heterocycles. The van der Waals surface area contributed by atoms with E-state index in [2.05, 4.69) is 25.9 Å². The number of fused-ring (bicyclic) bond motifs is 1. The van der Waals surface area contributed by atoms with Crippen molar-refractivity contribution in [2.45, 2.75) is 19.4 Å². The SMILES string of the molecule is COCCNCc1ccc(-c2cc3nccc(Oc4ccc(NC(=O)C5(C(=O)Nc6ccc(F)cc6)CC5)c(F)c4)c3s2)nc1. The number of carbonyl (C=O) groups is 2. The maximum Gasteiger partial charge on any atom is 0.240 e. The molecule has 230 valence electrons. The van der Waals surface area contributed by atoms with Gasteiger partial charge in [0.1, 0.15) is 28.5 Å². The van der Waals surface area contributed by atoms with Crippen LogP contribution in [0.3, 0.4) is 0 Å². The van der Waals surface area contributed by atoms with Crippen molar-refractivity contribution in [2.24, 2.45) is 5.41 Å². The summed E-state index contributed by atoms with van der Waals surface area (Å²) in [5, 5.41) is 8.46. The highest BCUT2D eigenvalue weighted by atomic mass is 32.1. The van der Waals surface area contributed by atoms with Gasteiger partial charge in [0.25, 0.3) is 0 Å². The van der Waals surface area contributed by atoms with E-state index in [4.69, 9.17) is 9.47 Å². The molecule has 2 amide bonds. The molecule has 0 unspecified atom stereocenters. The molecule has 5 aromatic rings. The first kappa shape index (κ1) is 30.3. The van der Waals surface area contributed by atoms with Crippen molar-refractivity contribution in [2.75, 3.05) is 30.9 Å². The van der Waals surface area contributed by atoms with Crippen LogP contribution in [0.4, 0.5) is 20.2 Å². The van der Waals surface area contributed by atoms with Crippen LogP contribution in [-0.2, 0) is 20.9 Å². The van der Waals surface area contributed by atoms with E-state index in [1.54, 1.807) is 25.4 Å². The minimum atomic E-state index is -1.31. The Morgan fingerprint density at radius 1 is 0.956 bits per heavy atom. The van der Waals surface area contributed by atoms with E-state index >= 15 is 4.39 Å². The number of hydrogen-bond donors (Lipinski definition) is 3. The Balaban J connectivity index is 1.12. The molecule has 2 aromatic carbocycles. The maximum absolute atomic E-state index is 15.1. The molecule has 0 aliphatic heterocycles. The number of hydrogen-bond acceptors (Lipinski definition) is 8. The van der Waals surface area contributed by atoms with Crippen molar-refractivity contribution in [1.29, 1.82) is 0 Å². The summed E-state index contributed by atoms with van der Waals surface area (Å²) in [5.74, 6) is -1.56. The second kappa shape index (κ2) is 13.1. The second-order valence-electron chi connectivity index (χ2n) is 10.6. The first-order chi connectivity index (χ1) is 21.8. The van der Waals surface area contributed by atoms with E-state index < -0.39 is 28.9 Å². The molecule has 12 heteroatoms. The van der Waals surface area contributed by atoms with Crippen LogP contribution >= 0.6 is 11.3 Å². The number of methoxy groups -OCH3 is 1. The Morgan fingerprint density at radius 2 is 1.76 bits per heavy atom. The molecule has 0 atom stereocenters. The lowest BCUT2D eigenvalue weighted by atomic mass is 10.0. The quantitative estimate of drug-likeness (QED) is 0.106. The Labute approximate surface area is 261 Å². The Hall–Kier alpha value is -4.78. The Bertz CT molecular complexity index is 1840. The number of rotatable bonds is 12. The van der Waals surface area contributed by atoms with Crippen molar-refractivity contribution in [3.05, 3.63) is 96.3 Å². The van der Waals surface area contributed by atoms with Crippen LogP contribution in [0.25, 0.3) is 20.8 Å². The van der Waals surface area contributed by atoms with Gasteiger partial charge >= 0.3 is 0 Å². The highest BCUT2D eigenvalue weighted by Crippen LogP contribution is 2.48. The number of amides is 2. The third-order valence-electron chi connectivity index (χ3n) is 7.40. The molecule has 0 spiro atoms. The molecule has 0 bridgehead atoms. The first-order valence-corrected chi connectivity index (χ1v) is 15.1. The van der Waals surface area contributed by atoms with Gasteiger partial charge in [-0.3, -0.25) is 19.6 Å². The molecule has 1 fully saturated rings. The third kappa shape index (κ3) is 6.83. The number of benzene rings is 2. The average Bonchev–Trinajstić information content (AvgIpc) is 3.75. The number of halogens is 2. The fourth-order valence-electron chi connectivity index (χ4n) is 4.70. The zero-order chi connectivity index (χ0) is 31.4. The molecule has 0 saturated heterocycles. The third-order valence-corrected chi connectivity index (χ3v) is 8.56. The molecule has 1 saturated carbocycles. The normalized spacial score (nSPS) is 13.4. The molecule has 45 heavy (non-hydrogen) atoms. The molecule has 3 heterocycles. The Morgan fingerprint density at radius 3 is 2.47 bits per heavy atom. The highest BCUT2D eigenvalue weighted by molar-refractivity contribution is 7.22. The number of aromatic nitrogens is 2. The van der Waals surface area contributed by atoms with Gasteiger partial charge in [-0.1, -0.05) is 6.07 Å². The lowest BCUT2D eigenvalue weighted by Gasteiger charge is -2.16. The van der Waals surface area contributed by atoms with Gasteiger partial charge in [0.05, 0.1) is 33.1 Å². The second-order valence-corrected chi connectivity index (χ2v) is 11.6. The number of anilines is 2. The van der Waals surface area contributed by atoms with Gasteiger partial charge in [-0.05, 0) is 66.9 Å². The van der Waals surface area contributed by atoms with E-state index in [9.17, 15) is 14.0 Å². The van der Waals surface area contributed by atoms with Gasteiger partial charge in [-0.15, -0.1) is 11.3 Å². The summed E-state index contributed by atoms with van der Waals surface area (Å²) < 4.78 is 40.2. The zero-order valence-electron chi connectivity index (χ0n) is 24.2. The summed E-state index contributed by atoms with van der Waals surface area (Å²) in [4.78, 5) is 35.8. The fourth-order valence-corrected chi connectivity index (χ4v) is 5.74. The number of ether oxygens (including phenoxy) is 2. The summed E-state index contributed by atoms with van der Waals surface area (Å²) in [6.45, 7) is 2.08. The topological polar surface area (TPSA) is 114 Å². The van der Waals surface area contributed by atoms with Crippen LogP contribution in [0.1, 0.15) is 18.4 Å². The molecular formula is C33H29F2N5O4S. The fraction of sp³-hybridized carbons (Fsp3) is 0.212. The van der Waals surface area contributed by atoms with Gasteiger partial charge in [0, 0.05) is 50.4 Å². The van der Waals surface area contributed by atoms with E-state index in [-0.39, 0.29) is 11.4 Å². The van der Waals surface area contributed by atoms with Crippen molar-refractivity contribution in [1.82, 2.24) is 15.3 Å². The molecule has 1 aliphatic carbocycles. The predicted molar refractivity (Wildman–Crippen MR) is 168 cm³/mol. The van der Waals surface area contributed by atoms with E-state index in [1.165, 1.54) is 47.7 Å². The summed E-state index contributed by atoms with van der Waals surface area (Å²) in [6, 6.07) is 17.0. The largest absolute Gasteiger partial charge is 0.456 e. The highest BCUT2D eigenvalue weighted by Gasteiger charge is 2.56. The number of carbonyl (C=O) groups excluding carboxylic acids is 2. The van der Waals surface area contributed by atoms with E-state index in [0.717, 1.165) is 32.9 Å². The summed E-state index contributed by atoms with van der Waals surface area (Å²) >= 11 is 1.47. The maximum atomic E-state index is 15.1. The lowest BCUT2D eigenvalue weighted by Crippen LogP contribution is -2.35. The van der Waals surface area contributed by atoms with Crippen LogP contribution in [0, 0.1) is 17.0 Å². The van der Waals surface area contributed by atoms with Gasteiger partial charge in [-0.25, -0.2) is 8.78 Å². The molecular weight excluding hydrogens is 600 g/mol. The first-order valence-electron chi connectivity index (χ1n) is 14.2. The van der Waals surface area contributed by atoms with Gasteiger partial charge in [0.15, 0.2) is 0 Å². The monoisotopic (exact) mass is 629 g/mol. The number of nitrogens with zero attached hydrogens (tertiary/aromatic N) is 2. The van der Waals surface area contributed by atoms with Crippen molar-refractivity contribution >= 4 is 44.7 Å². The van der Waals surface area contributed by atoms with E-state index in [1.807, 2.05) is 24.4 Å². The van der Waals surface area contributed by atoms with E-state index in [0.29, 0.717) is 37.4 Å². The van der Waals surface area contributed by atoms with Crippen LogP contribution < -0.4 is 20.7 Å². The number of nitrogens with one attached hydrogen (secondary N) is 3. The van der Waals surface area contributed by atoms with Gasteiger partial charge in [0.2, 0.25) is 11.8 Å². The molecule has 1 aliphatic rings. The van der Waals surface area contributed by atoms with Crippen LogP contribution in [0.5, 0.6) is 11.5 Å². The standard InChI is InChI=1S/C33H29F2N5O4S/c1-43-15-14-36-18-20-2-8-26(38-19-20)29-17-27-30(45-29)28(10-13-37-27)44-23-7-9-25(24(35)16-23)40-32(42)33(11-12-33)31(41)39-22-5-3-21(34)4-6-22/h2-10,13,16-17,19,36H,11-12,14-15,18H2,1H3,(H,39,41)(H,40,42). The molecule has 9 nitrogen and oxygen atoms in total. The van der Waals surface area contributed by atoms with Crippen LogP contribution in [0.15, 0.2) is 79.1 Å². The Kier molecular flexibility index (Phi) is 8.78. The summed E-state index contributed by atoms with van der Waals surface area (Å²) in [7, 11) is 1.67. The van der Waals surface area contributed by atoms with Gasteiger partial charge in [-0.2, -0.15) is 0 Å². The molecule has 6 rings (SSSR count).